The van der Waals surface area contributed by atoms with Gasteiger partial charge in [-0.1, -0.05) is 72.9 Å². The predicted octanol–water partition coefficient (Wildman–Crippen LogP) is 5.74. The molecule has 0 aromatic heterocycles. The average Bonchev–Trinajstić information content (AvgIpc) is 2.88. The smallest absolute Gasteiger partial charge is 0.237 e. The zero-order valence-electron chi connectivity index (χ0n) is 17.9. The highest BCUT2D eigenvalue weighted by atomic mass is 16.2. The van der Waals surface area contributed by atoms with Crippen LogP contribution in [0.15, 0.2) is 18.2 Å². The lowest BCUT2D eigenvalue weighted by Crippen LogP contribution is -2.35. The van der Waals surface area contributed by atoms with Crippen LogP contribution in [0.25, 0.3) is 0 Å². The summed E-state index contributed by atoms with van der Waals surface area (Å²) in [5.41, 5.74) is 2.88. The van der Waals surface area contributed by atoms with Crippen molar-refractivity contribution in [2.75, 3.05) is 4.90 Å². The van der Waals surface area contributed by atoms with E-state index in [4.69, 9.17) is 0 Å². The van der Waals surface area contributed by atoms with Crippen LogP contribution in [-0.2, 0) is 20.4 Å². The Kier molecular flexibility index (Phi) is 5.26. The molecule has 1 atom stereocenters. The largest absolute Gasteiger partial charge is 0.274 e. The minimum atomic E-state index is -0.130. The monoisotopic (exact) mass is 369 g/mol. The predicted molar refractivity (Wildman–Crippen MR) is 111 cm³/mol. The molecule has 3 nitrogen and oxygen atoms in total. The summed E-state index contributed by atoms with van der Waals surface area (Å²) in [6.07, 6.45) is 6.20. The molecule has 2 fully saturated rings. The summed E-state index contributed by atoms with van der Waals surface area (Å²) >= 11 is 0. The third-order valence-electron chi connectivity index (χ3n) is 6.31. The van der Waals surface area contributed by atoms with Crippen LogP contribution in [0, 0.1) is 11.8 Å². The molecular formula is C24H35NO2. The van der Waals surface area contributed by atoms with Crippen molar-refractivity contribution in [2.45, 2.75) is 90.9 Å². The first kappa shape index (κ1) is 20.1. The Morgan fingerprint density at radius 3 is 2.07 bits per heavy atom. The van der Waals surface area contributed by atoms with Gasteiger partial charge in [-0.05, 0) is 46.8 Å². The fraction of sp³-hybridized carbons (Fsp3) is 0.667. The van der Waals surface area contributed by atoms with Crippen molar-refractivity contribution in [3.8, 4) is 0 Å². The van der Waals surface area contributed by atoms with Gasteiger partial charge in [-0.25, -0.2) is 4.90 Å². The maximum Gasteiger partial charge on any atom is 0.237 e. The molecule has 3 rings (SSSR count). The van der Waals surface area contributed by atoms with Crippen LogP contribution < -0.4 is 4.90 Å². The highest BCUT2D eigenvalue weighted by Crippen LogP contribution is 2.42. The molecule has 0 bridgehead atoms. The first-order valence-electron chi connectivity index (χ1n) is 10.5. The second-order valence-corrected chi connectivity index (χ2v) is 10.5. The zero-order chi connectivity index (χ0) is 20.0. The first-order valence-corrected chi connectivity index (χ1v) is 10.5. The highest BCUT2D eigenvalue weighted by Gasteiger charge is 2.45. The summed E-state index contributed by atoms with van der Waals surface area (Å²) in [5.74, 6) is 0.267. The summed E-state index contributed by atoms with van der Waals surface area (Å²) in [7, 11) is 0. The van der Waals surface area contributed by atoms with E-state index in [1.54, 1.807) is 0 Å². The molecule has 2 amide bonds. The number of hydrogen-bond donors (Lipinski definition) is 0. The van der Waals surface area contributed by atoms with Crippen molar-refractivity contribution in [2.24, 2.45) is 11.8 Å². The molecular weight excluding hydrogens is 334 g/mol. The van der Waals surface area contributed by atoms with Crippen LogP contribution in [0.3, 0.4) is 0 Å². The summed E-state index contributed by atoms with van der Waals surface area (Å²) in [6.45, 7) is 12.9. The third kappa shape index (κ3) is 3.97. The number of amides is 2. The molecule has 0 spiro atoms. The van der Waals surface area contributed by atoms with E-state index in [9.17, 15) is 9.59 Å². The van der Waals surface area contributed by atoms with Gasteiger partial charge in [0.1, 0.15) is 0 Å². The summed E-state index contributed by atoms with van der Waals surface area (Å²) in [4.78, 5) is 27.9. The first-order chi connectivity index (χ1) is 12.5. The number of benzene rings is 1. The number of anilines is 1. The Bertz CT molecular complexity index is 730. The molecule has 148 valence electrons. The molecule has 1 heterocycles. The van der Waals surface area contributed by atoms with E-state index >= 15 is 0 Å². The van der Waals surface area contributed by atoms with Crippen molar-refractivity contribution in [1.29, 1.82) is 0 Å². The van der Waals surface area contributed by atoms with E-state index in [0.29, 0.717) is 12.3 Å². The zero-order valence-corrected chi connectivity index (χ0v) is 17.9. The maximum absolute atomic E-state index is 13.4. The molecule has 1 saturated carbocycles. The van der Waals surface area contributed by atoms with Gasteiger partial charge >= 0.3 is 0 Å². The molecule has 1 unspecified atom stereocenters. The van der Waals surface area contributed by atoms with E-state index in [1.165, 1.54) is 24.2 Å². The fourth-order valence-corrected chi connectivity index (χ4v) is 4.63. The number of carbonyl (C=O) groups is 2. The van der Waals surface area contributed by atoms with Crippen molar-refractivity contribution in [3.63, 3.8) is 0 Å². The molecule has 1 aliphatic heterocycles. The van der Waals surface area contributed by atoms with Crippen LogP contribution in [0.4, 0.5) is 5.69 Å². The van der Waals surface area contributed by atoms with E-state index in [1.807, 2.05) is 0 Å². The van der Waals surface area contributed by atoms with Gasteiger partial charge in [0, 0.05) is 6.42 Å². The number of hydrogen-bond acceptors (Lipinski definition) is 2. The Morgan fingerprint density at radius 2 is 1.52 bits per heavy atom. The Labute approximate surface area is 164 Å². The van der Waals surface area contributed by atoms with Gasteiger partial charge in [-0.2, -0.15) is 0 Å². The number of nitrogens with zero attached hydrogens (tertiary/aromatic N) is 1. The van der Waals surface area contributed by atoms with Crippen LogP contribution in [0.1, 0.15) is 91.2 Å². The van der Waals surface area contributed by atoms with E-state index in [-0.39, 0.29) is 28.6 Å². The van der Waals surface area contributed by atoms with Gasteiger partial charge in [0.2, 0.25) is 11.8 Å². The van der Waals surface area contributed by atoms with Crippen molar-refractivity contribution in [1.82, 2.24) is 0 Å². The molecule has 1 aliphatic carbocycles. The topological polar surface area (TPSA) is 37.4 Å². The van der Waals surface area contributed by atoms with Gasteiger partial charge in [0.15, 0.2) is 0 Å². The fourth-order valence-electron chi connectivity index (χ4n) is 4.63. The van der Waals surface area contributed by atoms with Crippen molar-refractivity contribution < 1.29 is 9.59 Å². The second-order valence-electron chi connectivity index (χ2n) is 10.5. The summed E-state index contributed by atoms with van der Waals surface area (Å²) in [6, 6.07) is 6.35. The lowest BCUT2D eigenvalue weighted by atomic mass is 9.79. The molecule has 1 saturated heterocycles. The van der Waals surface area contributed by atoms with Crippen LogP contribution in [0.5, 0.6) is 0 Å². The maximum atomic E-state index is 13.4. The molecule has 1 aromatic carbocycles. The quantitative estimate of drug-likeness (QED) is 0.623. The van der Waals surface area contributed by atoms with Crippen molar-refractivity contribution >= 4 is 17.5 Å². The van der Waals surface area contributed by atoms with E-state index in [2.05, 4.69) is 59.7 Å². The van der Waals surface area contributed by atoms with Gasteiger partial charge in [0.05, 0.1) is 11.6 Å². The Morgan fingerprint density at radius 1 is 0.889 bits per heavy atom. The standard InChI is InChI=1S/C24H35NO2/c1-23(2,3)17-12-13-19(24(4,5)6)20(14-17)25-21(26)15-18(22(25)27)16-10-8-7-9-11-16/h12-14,16,18H,7-11,15H2,1-6H3. The van der Waals surface area contributed by atoms with Crippen LogP contribution in [-0.4, -0.2) is 11.8 Å². The minimum absolute atomic E-state index is 0.0212. The lowest BCUT2D eigenvalue weighted by Gasteiger charge is -2.30. The highest BCUT2D eigenvalue weighted by molar-refractivity contribution is 6.21. The normalized spacial score (nSPS) is 22.6. The van der Waals surface area contributed by atoms with Crippen molar-refractivity contribution in [3.05, 3.63) is 29.3 Å². The molecule has 27 heavy (non-hydrogen) atoms. The Hall–Kier alpha value is -1.64. The molecule has 2 aliphatic rings. The molecule has 1 aromatic rings. The summed E-state index contributed by atoms with van der Waals surface area (Å²) in [5, 5.41) is 0. The molecule has 0 N–H and O–H groups in total. The number of imide groups is 1. The average molecular weight is 370 g/mol. The summed E-state index contributed by atoms with van der Waals surface area (Å²) < 4.78 is 0. The van der Waals surface area contributed by atoms with Crippen LogP contribution in [0.2, 0.25) is 0 Å². The SMILES string of the molecule is CC(C)(C)c1ccc(C(C)(C)C)c(N2C(=O)CC(C3CCCCC3)C2=O)c1. The van der Waals surface area contributed by atoms with Gasteiger partial charge in [0.25, 0.3) is 0 Å². The lowest BCUT2D eigenvalue weighted by molar-refractivity contribution is -0.123. The van der Waals surface area contributed by atoms with Gasteiger partial charge in [-0.15, -0.1) is 0 Å². The van der Waals surface area contributed by atoms with Crippen LogP contribution >= 0.6 is 0 Å². The minimum Gasteiger partial charge on any atom is -0.274 e. The van der Waals surface area contributed by atoms with E-state index in [0.717, 1.165) is 29.7 Å². The second kappa shape index (κ2) is 7.07. The molecule has 0 radical (unpaired) electrons. The number of carbonyl (C=O) groups excluding carboxylic acids is 2. The molecule has 3 heteroatoms. The van der Waals surface area contributed by atoms with Gasteiger partial charge in [-0.3, -0.25) is 9.59 Å². The Balaban J connectivity index is 2.03. The number of rotatable bonds is 2. The van der Waals surface area contributed by atoms with E-state index < -0.39 is 0 Å². The third-order valence-corrected chi connectivity index (χ3v) is 6.31. The van der Waals surface area contributed by atoms with Gasteiger partial charge < -0.3 is 0 Å².